The van der Waals surface area contributed by atoms with E-state index >= 15 is 0 Å². The number of carbonyl (C=O) groups excluding carboxylic acids is 2. The number of ether oxygens (including phenoxy) is 1. The number of carbonyl (C=O) groups is 2. The Labute approximate surface area is 147 Å². The average Bonchev–Trinajstić information content (AvgIpc) is 2.79. The van der Waals surface area contributed by atoms with E-state index in [1.807, 2.05) is 54.6 Å². The zero-order valence-electron chi connectivity index (χ0n) is 14.5. The van der Waals surface area contributed by atoms with E-state index < -0.39 is 6.10 Å². The third kappa shape index (κ3) is 3.56. The largest absolute Gasteiger partial charge is 0.372 e. The number of amides is 2. The topological polar surface area (TPSA) is 49.9 Å². The molecular weight excluding hydrogens is 316 g/mol. The van der Waals surface area contributed by atoms with Gasteiger partial charge in [-0.2, -0.15) is 0 Å². The second-order valence-electron chi connectivity index (χ2n) is 6.07. The van der Waals surface area contributed by atoms with E-state index in [2.05, 4.69) is 0 Å². The van der Waals surface area contributed by atoms with Crippen LogP contribution in [0.3, 0.4) is 0 Å². The molecule has 2 aromatic carbocycles. The molecule has 0 saturated heterocycles. The minimum Gasteiger partial charge on any atom is -0.372 e. The molecule has 5 nitrogen and oxygen atoms in total. The Bertz CT molecular complexity index is 761. The number of nitrogens with zero attached hydrogens (tertiary/aromatic N) is 2. The maximum atomic E-state index is 12.7. The lowest BCUT2D eigenvalue weighted by atomic mass is 10.1. The average molecular weight is 338 g/mol. The molecule has 2 aromatic rings. The van der Waals surface area contributed by atoms with E-state index in [4.69, 9.17) is 4.74 Å². The van der Waals surface area contributed by atoms with Gasteiger partial charge < -0.3 is 14.5 Å². The van der Waals surface area contributed by atoms with Crippen molar-refractivity contribution in [2.24, 2.45) is 0 Å². The highest BCUT2D eigenvalue weighted by molar-refractivity contribution is 6.06. The van der Waals surface area contributed by atoms with Crippen LogP contribution in [0.1, 0.15) is 18.9 Å². The van der Waals surface area contributed by atoms with Crippen LogP contribution in [0.4, 0.5) is 11.4 Å². The lowest BCUT2D eigenvalue weighted by molar-refractivity contribution is -0.127. The molecule has 0 saturated carbocycles. The molecule has 1 aliphatic rings. The molecule has 0 unspecified atom stereocenters. The number of hydrogen-bond donors (Lipinski definition) is 0. The maximum absolute atomic E-state index is 12.7. The summed E-state index contributed by atoms with van der Waals surface area (Å²) in [6.45, 7) is 2.56. The second kappa shape index (κ2) is 7.49. The number of anilines is 2. The maximum Gasteiger partial charge on any atom is 0.255 e. The first kappa shape index (κ1) is 17.2. The molecule has 0 aromatic heterocycles. The molecule has 25 heavy (non-hydrogen) atoms. The minimum atomic E-state index is -0.552. The van der Waals surface area contributed by atoms with Gasteiger partial charge in [-0.3, -0.25) is 9.59 Å². The normalized spacial score (nSPS) is 15.5. The summed E-state index contributed by atoms with van der Waals surface area (Å²) in [7, 11) is 1.51. The van der Waals surface area contributed by atoms with E-state index in [1.165, 1.54) is 7.11 Å². The first-order valence-corrected chi connectivity index (χ1v) is 8.39. The molecule has 0 N–H and O–H groups in total. The van der Waals surface area contributed by atoms with Gasteiger partial charge in [-0.15, -0.1) is 0 Å². The van der Waals surface area contributed by atoms with Crippen molar-refractivity contribution in [2.45, 2.75) is 26.0 Å². The van der Waals surface area contributed by atoms with Gasteiger partial charge in [0.1, 0.15) is 6.10 Å². The highest BCUT2D eigenvalue weighted by Gasteiger charge is 2.31. The summed E-state index contributed by atoms with van der Waals surface area (Å²) in [6, 6.07) is 17.4. The molecule has 130 valence electrons. The van der Waals surface area contributed by atoms with Crippen LogP contribution < -0.4 is 9.80 Å². The van der Waals surface area contributed by atoms with Crippen LogP contribution >= 0.6 is 0 Å². The molecule has 1 heterocycles. The van der Waals surface area contributed by atoms with Crippen molar-refractivity contribution in [3.63, 3.8) is 0 Å². The van der Waals surface area contributed by atoms with Crippen molar-refractivity contribution in [3.8, 4) is 0 Å². The number of rotatable bonds is 4. The summed E-state index contributed by atoms with van der Waals surface area (Å²) in [6.07, 6.45) is -0.271. The van der Waals surface area contributed by atoms with Gasteiger partial charge in [0.25, 0.3) is 5.91 Å². The van der Waals surface area contributed by atoms with Gasteiger partial charge in [0.05, 0.1) is 17.9 Å². The van der Waals surface area contributed by atoms with Gasteiger partial charge >= 0.3 is 0 Å². The molecule has 1 aliphatic heterocycles. The molecule has 0 aliphatic carbocycles. The van der Waals surface area contributed by atoms with Crippen molar-refractivity contribution in [3.05, 3.63) is 60.2 Å². The summed E-state index contributed by atoms with van der Waals surface area (Å²) in [4.78, 5) is 28.9. The van der Waals surface area contributed by atoms with Crippen molar-refractivity contribution in [1.82, 2.24) is 0 Å². The fourth-order valence-corrected chi connectivity index (χ4v) is 3.01. The van der Waals surface area contributed by atoms with Crippen molar-refractivity contribution < 1.29 is 14.3 Å². The van der Waals surface area contributed by atoms with Crippen LogP contribution in [0.2, 0.25) is 0 Å². The Balaban J connectivity index is 1.99. The van der Waals surface area contributed by atoms with Gasteiger partial charge in [-0.25, -0.2) is 0 Å². The molecule has 0 fully saturated rings. The molecule has 2 amide bonds. The molecule has 0 spiro atoms. The smallest absolute Gasteiger partial charge is 0.255 e. The lowest BCUT2D eigenvalue weighted by Gasteiger charge is -2.27. The predicted octanol–water partition coefficient (Wildman–Crippen LogP) is 2.99. The van der Waals surface area contributed by atoms with Gasteiger partial charge in [-0.1, -0.05) is 42.5 Å². The lowest BCUT2D eigenvalue weighted by Crippen LogP contribution is -2.39. The number of methoxy groups -OCH3 is 1. The monoisotopic (exact) mass is 338 g/mol. The van der Waals surface area contributed by atoms with Crippen LogP contribution in [0.15, 0.2) is 54.6 Å². The summed E-state index contributed by atoms with van der Waals surface area (Å²) in [5.41, 5.74) is 2.55. The van der Waals surface area contributed by atoms with Crippen LogP contribution in [-0.4, -0.2) is 31.6 Å². The van der Waals surface area contributed by atoms with Crippen LogP contribution in [0.25, 0.3) is 0 Å². The van der Waals surface area contributed by atoms with Crippen LogP contribution in [-0.2, 0) is 20.9 Å². The second-order valence-corrected chi connectivity index (χ2v) is 6.07. The molecule has 0 bridgehead atoms. The van der Waals surface area contributed by atoms with E-state index in [1.54, 1.807) is 16.7 Å². The Kier molecular flexibility index (Phi) is 5.14. The highest BCUT2D eigenvalue weighted by Crippen LogP contribution is 2.34. The number of benzene rings is 2. The predicted molar refractivity (Wildman–Crippen MR) is 97.5 cm³/mol. The fourth-order valence-electron chi connectivity index (χ4n) is 3.01. The fraction of sp³-hybridized carbons (Fsp3) is 0.300. The van der Waals surface area contributed by atoms with Crippen molar-refractivity contribution in [1.29, 1.82) is 0 Å². The zero-order valence-corrected chi connectivity index (χ0v) is 14.5. The summed E-state index contributed by atoms with van der Waals surface area (Å²) < 4.78 is 5.18. The Morgan fingerprint density at radius 2 is 1.72 bits per heavy atom. The third-order valence-electron chi connectivity index (χ3n) is 4.46. The van der Waals surface area contributed by atoms with Crippen molar-refractivity contribution >= 4 is 23.2 Å². The van der Waals surface area contributed by atoms with Crippen molar-refractivity contribution in [2.75, 3.05) is 23.5 Å². The van der Waals surface area contributed by atoms with E-state index in [9.17, 15) is 9.59 Å². The molecule has 5 heteroatoms. The third-order valence-corrected chi connectivity index (χ3v) is 4.46. The SMILES string of the molecule is CO[C@H](C)C(=O)N1CCC(=O)N(Cc2ccccc2)c2ccccc21. The number of hydrogen-bond acceptors (Lipinski definition) is 3. The molecular formula is C20H22N2O3. The molecule has 3 rings (SSSR count). The zero-order chi connectivity index (χ0) is 17.8. The highest BCUT2D eigenvalue weighted by atomic mass is 16.5. The Hall–Kier alpha value is -2.66. The van der Waals surface area contributed by atoms with Gasteiger partial charge in [-0.05, 0) is 24.6 Å². The van der Waals surface area contributed by atoms with E-state index in [0.29, 0.717) is 13.1 Å². The summed E-state index contributed by atoms with van der Waals surface area (Å²) in [5, 5.41) is 0. The Morgan fingerprint density at radius 3 is 2.40 bits per heavy atom. The first-order chi connectivity index (χ1) is 12.1. The van der Waals surface area contributed by atoms with Crippen LogP contribution in [0.5, 0.6) is 0 Å². The minimum absolute atomic E-state index is 0.0108. The van der Waals surface area contributed by atoms with Crippen LogP contribution in [0, 0.1) is 0 Å². The van der Waals surface area contributed by atoms with E-state index in [-0.39, 0.29) is 18.2 Å². The first-order valence-electron chi connectivity index (χ1n) is 8.39. The van der Waals surface area contributed by atoms with Gasteiger partial charge in [0.2, 0.25) is 5.91 Å². The number of para-hydroxylation sites is 2. The summed E-state index contributed by atoms with van der Waals surface area (Å²) >= 11 is 0. The Morgan fingerprint density at radius 1 is 1.08 bits per heavy atom. The van der Waals surface area contributed by atoms with Gasteiger partial charge in [0.15, 0.2) is 0 Å². The van der Waals surface area contributed by atoms with E-state index in [0.717, 1.165) is 16.9 Å². The molecule has 0 radical (unpaired) electrons. The quantitative estimate of drug-likeness (QED) is 0.861. The standard InChI is InChI=1S/C20H22N2O3/c1-15(25-2)20(24)21-13-12-19(23)22(14-16-8-4-3-5-9-16)18-11-7-6-10-17(18)21/h3-11,15H,12-14H2,1-2H3/t15-/m1/s1. The number of fused-ring (bicyclic) bond motifs is 1. The van der Waals surface area contributed by atoms with Gasteiger partial charge in [0, 0.05) is 20.1 Å². The summed E-state index contributed by atoms with van der Waals surface area (Å²) in [5.74, 6) is -0.124. The molecule has 1 atom stereocenters.